The second-order valence-electron chi connectivity index (χ2n) is 3.42. The largest absolute Gasteiger partial charge is 0.480 e. The number of nitrogens with zero attached hydrogens (tertiary/aromatic N) is 3. The molecule has 0 bridgehead atoms. The molecule has 0 unspecified atom stereocenters. The fraction of sp³-hybridized carbons (Fsp3) is 0.0833. The summed E-state index contributed by atoms with van der Waals surface area (Å²) in [4.78, 5) is 0. The molecule has 2 N–H and O–H groups in total. The first-order valence-electron chi connectivity index (χ1n) is 5.07. The van der Waals surface area contributed by atoms with E-state index in [1.165, 1.54) is 6.20 Å². The number of nitrogens with one attached hydrogen (secondary N) is 2. The third-order valence-electron chi connectivity index (χ3n) is 2.35. The number of nitriles is 2. The van der Waals surface area contributed by atoms with Crippen molar-refractivity contribution in [2.45, 2.75) is 0 Å². The topological polar surface area (TPSA) is 97.5 Å². The Morgan fingerprint density at radius 1 is 1.44 bits per heavy atom. The Hall–Kier alpha value is -2.99. The Labute approximate surface area is 103 Å². The quantitative estimate of drug-likeness (QED) is 0.797. The van der Waals surface area contributed by atoms with Crippen LogP contribution in [0.3, 0.4) is 0 Å². The highest BCUT2D eigenvalue weighted by molar-refractivity contribution is 5.86. The van der Waals surface area contributed by atoms with Crippen LogP contribution in [0.5, 0.6) is 5.88 Å². The number of ether oxygens (including phenoxy) is 1. The molecule has 0 amide bonds. The molecule has 0 radical (unpaired) electrons. The van der Waals surface area contributed by atoms with Crippen molar-refractivity contribution in [1.82, 2.24) is 10.2 Å². The number of fused-ring (bicyclic) bond motifs is 1. The molecule has 0 aliphatic rings. The highest BCUT2D eigenvalue weighted by atomic mass is 16.5. The van der Waals surface area contributed by atoms with Crippen LogP contribution in [0.15, 0.2) is 30.0 Å². The van der Waals surface area contributed by atoms with Crippen LogP contribution in [-0.2, 0) is 0 Å². The molecular weight excluding hydrogens is 230 g/mol. The van der Waals surface area contributed by atoms with E-state index >= 15 is 0 Å². The number of allylic oxidation sites excluding steroid dienone is 1. The monoisotopic (exact) mass is 239 g/mol. The fourth-order valence-corrected chi connectivity index (χ4v) is 1.48. The lowest BCUT2D eigenvalue weighted by molar-refractivity contribution is 0.401. The number of aromatic amines is 1. The van der Waals surface area contributed by atoms with E-state index in [0.29, 0.717) is 5.88 Å². The number of anilines is 1. The van der Waals surface area contributed by atoms with Crippen LogP contribution in [0.1, 0.15) is 0 Å². The second kappa shape index (κ2) is 4.89. The number of methoxy groups -OCH3 is 1. The van der Waals surface area contributed by atoms with Crippen molar-refractivity contribution in [2.75, 3.05) is 12.4 Å². The maximum Gasteiger partial charge on any atom is 0.240 e. The maximum absolute atomic E-state index is 8.60. The summed E-state index contributed by atoms with van der Waals surface area (Å²) in [7, 11) is 1.55. The van der Waals surface area contributed by atoms with Gasteiger partial charge in [0.25, 0.3) is 0 Å². The summed E-state index contributed by atoms with van der Waals surface area (Å²) in [6.45, 7) is 0. The van der Waals surface area contributed by atoms with Gasteiger partial charge in [0.15, 0.2) is 0 Å². The van der Waals surface area contributed by atoms with Gasteiger partial charge in [-0.05, 0) is 18.2 Å². The minimum atomic E-state index is 0.0114. The van der Waals surface area contributed by atoms with Gasteiger partial charge < -0.3 is 10.1 Å². The zero-order valence-electron chi connectivity index (χ0n) is 9.56. The molecule has 0 atom stereocenters. The molecule has 88 valence electrons. The third-order valence-corrected chi connectivity index (χ3v) is 2.35. The van der Waals surface area contributed by atoms with E-state index in [2.05, 4.69) is 15.5 Å². The second-order valence-corrected chi connectivity index (χ2v) is 3.42. The van der Waals surface area contributed by atoms with Gasteiger partial charge in [0.2, 0.25) is 5.88 Å². The van der Waals surface area contributed by atoms with Gasteiger partial charge in [-0.2, -0.15) is 10.5 Å². The molecule has 1 aromatic heterocycles. The first kappa shape index (κ1) is 11.5. The molecule has 0 saturated heterocycles. The van der Waals surface area contributed by atoms with Crippen LogP contribution < -0.4 is 10.1 Å². The van der Waals surface area contributed by atoms with Crippen molar-refractivity contribution in [3.8, 4) is 18.0 Å². The Morgan fingerprint density at radius 3 is 2.89 bits per heavy atom. The first-order chi connectivity index (χ1) is 8.78. The number of rotatable bonds is 3. The molecular formula is C12H9N5O. The zero-order chi connectivity index (χ0) is 13.0. The minimum Gasteiger partial charge on any atom is -0.480 e. The number of benzene rings is 1. The minimum absolute atomic E-state index is 0.0114. The van der Waals surface area contributed by atoms with E-state index in [4.69, 9.17) is 15.3 Å². The van der Waals surface area contributed by atoms with Crippen LogP contribution in [0.4, 0.5) is 5.69 Å². The maximum atomic E-state index is 8.60. The smallest absolute Gasteiger partial charge is 0.240 e. The molecule has 6 heteroatoms. The highest BCUT2D eigenvalue weighted by Gasteiger charge is 2.05. The Kier molecular flexibility index (Phi) is 3.13. The average Bonchev–Trinajstić information content (AvgIpc) is 2.82. The molecule has 0 aliphatic heterocycles. The van der Waals surface area contributed by atoms with E-state index in [1.807, 2.05) is 18.2 Å². The molecule has 6 nitrogen and oxygen atoms in total. The molecule has 2 rings (SSSR count). The van der Waals surface area contributed by atoms with Gasteiger partial charge in [-0.3, -0.25) is 5.10 Å². The van der Waals surface area contributed by atoms with Gasteiger partial charge in [-0.25, -0.2) is 0 Å². The van der Waals surface area contributed by atoms with Gasteiger partial charge in [0, 0.05) is 11.9 Å². The van der Waals surface area contributed by atoms with Crippen LogP contribution >= 0.6 is 0 Å². The van der Waals surface area contributed by atoms with Gasteiger partial charge in [-0.15, -0.1) is 5.10 Å². The summed E-state index contributed by atoms with van der Waals surface area (Å²) in [5.74, 6) is 0.529. The Balaban J connectivity index is 2.30. The number of hydrogen-bond acceptors (Lipinski definition) is 5. The lowest BCUT2D eigenvalue weighted by Gasteiger charge is -2.00. The summed E-state index contributed by atoms with van der Waals surface area (Å²) in [5, 5.41) is 27.8. The third kappa shape index (κ3) is 2.08. The summed E-state index contributed by atoms with van der Waals surface area (Å²) in [5.41, 5.74) is 1.56. The SMILES string of the molecule is COc1n[nH]c2cc(NC=C(C#N)C#N)ccc12. The lowest BCUT2D eigenvalue weighted by Crippen LogP contribution is -1.89. The van der Waals surface area contributed by atoms with E-state index in [9.17, 15) is 0 Å². The van der Waals surface area contributed by atoms with Crippen LogP contribution in [0.2, 0.25) is 0 Å². The van der Waals surface area contributed by atoms with Crippen molar-refractivity contribution in [1.29, 1.82) is 10.5 Å². The molecule has 18 heavy (non-hydrogen) atoms. The van der Waals surface area contributed by atoms with E-state index in [-0.39, 0.29) is 5.57 Å². The summed E-state index contributed by atoms with van der Waals surface area (Å²) in [6.07, 6.45) is 1.36. The Bertz CT molecular complexity index is 671. The van der Waals surface area contributed by atoms with Crippen LogP contribution in [0, 0.1) is 22.7 Å². The summed E-state index contributed by atoms with van der Waals surface area (Å²) >= 11 is 0. The molecule has 1 heterocycles. The summed E-state index contributed by atoms with van der Waals surface area (Å²) in [6, 6.07) is 9.00. The molecule has 0 saturated carbocycles. The van der Waals surface area contributed by atoms with Crippen molar-refractivity contribution in [3.05, 3.63) is 30.0 Å². The molecule has 0 spiro atoms. The van der Waals surface area contributed by atoms with E-state index in [0.717, 1.165) is 16.6 Å². The predicted octanol–water partition coefficient (Wildman–Crippen LogP) is 1.91. The van der Waals surface area contributed by atoms with Crippen molar-refractivity contribution >= 4 is 16.6 Å². The zero-order valence-corrected chi connectivity index (χ0v) is 9.56. The number of hydrogen-bond donors (Lipinski definition) is 2. The van der Waals surface area contributed by atoms with Gasteiger partial charge in [-0.1, -0.05) is 0 Å². The standard InChI is InChI=1S/C12H9N5O/c1-18-12-10-3-2-9(4-11(10)16-17-12)15-7-8(5-13)6-14/h2-4,7,15H,1H3,(H,16,17). The van der Waals surface area contributed by atoms with E-state index < -0.39 is 0 Å². The van der Waals surface area contributed by atoms with Crippen molar-refractivity contribution in [2.24, 2.45) is 0 Å². The van der Waals surface area contributed by atoms with Gasteiger partial charge >= 0.3 is 0 Å². The van der Waals surface area contributed by atoms with Gasteiger partial charge in [0.1, 0.15) is 17.7 Å². The number of aromatic nitrogens is 2. The lowest BCUT2D eigenvalue weighted by atomic mass is 10.2. The molecule has 2 aromatic rings. The number of H-pyrrole nitrogens is 1. The molecule has 0 aliphatic carbocycles. The van der Waals surface area contributed by atoms with Crippen molar-refractivity contribution in [3.63, 3.8) is 0 Å². The Morgan fingerprint density at radius 2 is 2.22 bits per heavy atom. The fourth-order valence-electron chi connectivity index (χ4n) is 1.48. The van der Waals surface area contributed by atoms with Crippen molar-refractivity contribution < 1.29 is 4.74 Å². The predicted molar refractivity (Wildman–Crippen MR) is 65.6 cm³/mol. The first-order valence-corrected chi connectivity index (χ1v) is 5.07. The van der Waals surface area contributed by atoms with Crippen LogP contribution in [-0.4, -0.2) is 17.3 Å². The van der Waals surface area contributed by atoms with Gasteiger partial charge in [0.05, 0.1) is 18.0 Å². The molecule has 1 aromatic carbocycles. The van der Waals surface area contributed by atoms with Crippen LogP contribution in [0.25, 0.3) is 10.9 Å². The normalized spacial score (nSPS) is 9.28. The van der Waals surface area contributed by atoms with E-state index in [1.54, 1.807) is 19.2 Å². The highest BCUT2D eigenvalue weighted by Crippen LogP contribution is 2.24. The summed E-state index contributed by atoms with van der Waals surface area (Å²) < 4.78 is 5.08. The average molecular weight is 239 g/mol. The molecule has 0 fully saturated rings.